The van der Waals surface area contributed by atoms with Crippen LogP contribution in [0, 0.1) is 13.8 Å². The number of fused-ring (bicyclic) bond motifs is 8. The van der Waals surface area contributed by atoms with Crippen LogP contribution in [0.4, 0.5) is 17.2 Å². The SMILES string of the molecule is Cc1ccc2c(c1)C(C)(C)c1cc(C)c(Oc3cc(C4=N[C@]5(C)c6ccc(C(C)(C)C)cc6-c6cc(C(C)(C)C)ccc6[C@]5(C)O4)cc(C(C)(C)C)c3)cc1N2c1cc(C(C)(C)C)ccn1. The number of aryl methyl sites for hydroxylation is 2. The molecule has 0 saturated heterocycles. The number of benzene rings is 5. The van der Waals surface area contributed by atoms with Gasteiger partial charge >= 0.3 is 0 Å². The molecule has 5 nitrogen and oxygen atoms in total. The van der Waals surface area contributed by atoms with Gasteiger partial charge in [-0.2, -0.15) is 0 Å². The normalized spacial score (nSPS) is 19.8. The summed E-state index contributed by atoms with van der Waals surface area (Å²) in [5.41, 5.74) is 15.8. The highest BCUT2D eigenvalue weighted by molar-refractivity contribution is 5.98. The maximum Gasteiger partial charge on any atom is 0.218 e. The van der Waals surface area contributed by atoms with Crippen molar-refractivity contribution < 1.29 is 9.47 Å². The zero-order valence-electron chi connectivity index (χ0n) is 43.0. The van der Waals surface area contributed by atoms with Crippen molar-refractivity contribution >= 4 is 23.1 Å². The lowest BCUT2D eigenvalue weighted by Crippen LogP contribution is -2.45. The van der Waals surface area contributed by atoms with Gasteiger partial charge in [-0.3, -0.25) is 4.90 Å². The van der Waals surface area contributed by atoms with Gasteiger partial charge in [0.2, 0.25) is 5.90 Å². The minimum absolute atomic E-state index is 0.00831. The first kappa shape index (κ1) is 45.5. The molecule has 0 unspecified atom stereocenters. The molecule has 0 spiro atoms. The summed E-state index contributed by atoms with van der Waals surface area (Å²) < 4.78 is 14.5. The summed E-state index contributed by atoms with van der Waals surface area (Å²) in [6, 6.07) is 36.3. The number of hydrogen-bond donors (Lipinski definition) is 0. The van der Waals surface area contributed by atoms with Crippen molar-refractivity contribution in [2.45, 2.75) is 163 Å². The molecule has 0 saturated carbocycles. The molecule has 0 radical (unpaired) electrons. The Morgan fingerprint density at radius 3 is 1.73 bits per heavy atom. The van der Waals surface area contributed by atoms with Gasteiger partial charge in [0.1, 0.15) is 22.9 Å². The number of anilines is 3. The number of aromatic nitrogens is 1. The molecule has 2 atom stereocenters. The molecule has 5 aromatic carbocycles. The van der Waals surface area contributed by atoms with Gasteiger partial charge in [-0.1, -0.05) is 151 Å². The van der Waals surface area contributed by atoms with E-state index in [1.54, 1.807) is 0 Å². The highest BCUT2D eigenvalue weighted by Gasteiger charge is 2.59. The summed E-state index contributed by atoms with van der Waals surface area (Å²) >= 11 is 0. The summed E-state index contributed by atoms with van der Waals surface area (Å²) in [5.74, 6) is 3.06. The highest BCUT2D eigenvalue weighted by atomic mass is 16.5. The average Bonchev–Trinajstić information content (AvgIpc) is 3.52. The highest BCUT2D eigenvalue weighted by Crippen LogP contribution is 2.60. The number of hydrogen-bond acceptors (Lipinski definition) is 5. The number of ether oxygens (including phenoxy) is 2. The molecule has 2 aliphatic heterocycles. The minimum Gasteiger partial charge on any atom is -0.463 e. The van der Waals surface area contributed by atoms with Crippen LogP contribution in [0.25, 0.3) is 11.1 Å². The Bertz CT molecular complexity index is 3000. The second-order valence-corrected chi connectivity index (χ2v) is 24.5. The number of nitrogens with zero attached hydrogens (tertiary/aromatic N) is 3. The van der Waals surface area contributed by atoms with E-state index in [1.165, 1.54) is 50.1 Å². The quantitative estimate of drug-likeness (QED) is 0.177. The molecule has 0 fully saturated rings. The molecule has 3 heterocycles. The Morgan fingerprint density at radius 2 is 1.11 bits per heavy atom. The predicted octanol–water partition coefficient (Wildman–Crippen LogP) is 16.4. The van der Waals surface area contributed by atoms with E-state index in [2.05, 4.69) is 227 Å². The van der Waals surface area contributed by atoms with Crippen molar-refractivity contribution in [2.24, 2.45) is 4.99 Å². The summed E-state index contributed by atoms with van der Waals surface area (Å²) in [5, 5.41) is 0. The van der Waals surface area contributed by atoms with Crippen LogP contribution in [-0.2, 0) is 43.0 Å². The molecule has 66 heavy (non-hydrogen) atoms. The molecular formula is C61H71N3O2. The van der Waals surface area contributed by atoms with Gasteiger partial charge < -0.3 is 9.47 Å². The molecule has 1 aliphatic carbocycles. The van der Waals surface area contributed by atoms with Crippen LogP contribution in [0.5, 0.6) is 11.5 Å². The van der Waals surface area contributed by atoms with Crippen molar-refractivity contribution in [3.63, 3.8) is 0 Å². The first-order valence-corrected chi connectivity index (χ1v) is 24.0. The fraction of sp³-hybridized carbons (Fsp3) is 0.410. The fourth-order valence-corrected chi connectivity index (χ4v) is 10.4. The van der Waals surface area contributed by atoms with E-state index in [0.29, 0.717) is 5.90 Å². The molecule has 342 valence electrons. The second-order valence-electron chi connectivity index (χ2n) is 24.5. The molecule has 9 rings (SSSR count). The van der Waals surface area contributed by atoms with Crippen molar-refractivity contribution in [3.8, 4) is 22.6 Å². The third-order valence-corrected chi connectivity index (χ3v) is 15.0. The van der Waals surface area contributed by atoms with E-state index < -0.39 is 11.1 Å². The number of rotatable bonds is 4. The molecule has 0 N–H and O–H groups in total. The van der Waals surface area contributed by atoms with Crippen molar-refractivity contribution in [3.05, 3.63) is 164 Å². The zero-order chi connectivity index (χ0) is 47.9. The van der Waals surface area contributed by atoms with Crippen molar-refractivity contribution in [1.82, 2.24) is 4.98 Å². The van der Waals surface area contributed by atoms with Crippen LogP contribution in [-0.4, -0.2) is 10.9 Å². The second kappa shape index (κ2) is 14.7. The lowest BCUT2D eigenvalue weighted by Gasteiger charge is -2.45. The van der Waals surface area contributed by atoms with Crippen LogP contribution in [0.2, 0.25) is 0 Å². The van der Waals surface area contributed by atoms with Crippen molar-refractivity contribution in [2.75, 3.05) is 4.90 Å². The average molecular weight is 878 g/mol. The van der Waals surface area contributed by atoms with E-state index in [9.17, 15) is 0 Å². The largest absolute Gasteiger partial charge is 0.463 e. The maximum absolute atomic E-state index is 7.36. The first-order chi connectivity index (χ1) is 30.5. The molecule has 6 aromatic rings. The van der Waals surface area contributed by atoms with E-state index in [1.807, 2.05) is 6.20 Å². The van der Waals surface area contributed by atoms with E-state index in [-0.39, 0.29) is 27.1 Å². The third-order valence-electron chi connectivity index (χ3n) is 15.0. The number of pyridine rings is 1. The van der Waals surface area contributed by atoms with Gasteiger partial charge in [0.25, 0.3) is 0 Å². The van der Waals surface area contributed by atoms with E-state index >= 15 is 0 Å². The lowest BCUT2D eigenvalue weighted by atomic mass is 9.64. The summed E-state index contributed by atoms with van der Waals surface area (Å²) in [7, 11) is 0. The van der Waals surface area contributed by atoms with Gasteiger partial charge in [-0.25, -0.2) is 9.98 Å². The zero-order valence-corrected chi connectivity index (χ0v) is 43.0. The minimum atomic E-state index is -0.762. The topological polar surface area (TPSA) is 47.0 Å². The van der Waals surface area contributed by atoms with E-state index in [4.69, 9.17) is 19.5 Å². The first-order valence-electron chi connectivity index (χ1n) is 24.0. The summed E-state index contributed by atoms with van der Waals surface area (Å²) in [6.07, 6.45) is 1.95. The lowest BCUT2D eigenvalue weighted by molar-refractivity contribution is 0.0269. The van der Waals surface area contributed by atoms with Crippen molar-refractivity contribution in [1.29, 1.82) is 0 Å². The van der Waals surface area contributed by atoms with Gasteiger partial charge in [0.15, 0.2) is 5.60 Å². The Hall–Kier alpha value is -5.68. The third kappa shape index (κ3) is 7.27. The smallest absolute Gasteiger partial charge is 0.218 e. The molecule has 0 amide bonds. The molecule has 1 aromatic heterocycles. The van der Waals surface area contributed by atoms with Gasteiger partial charge in [0.05, 0.1) is 11.4 Å². The van der Waals surface area contributed by atoms with Gasteiger partial charge in [-0.15, -0.1) is 0 Å². The fourth-order valence-electron chi connectivity index (χ4n) is 10.4. The Labute approximate surface area is 395 Å². The Kier molecular flexibility index (Phi) is 10.1. The van der Waals surface area contributed by atoms with E-state index in [0.717, 1.165) is 50.9 Å². The van der Waals surface area contributed by atoms with Crippen LogP contribution in [0.15, 0.2) is 108 Å². The number of aliphatic imine (C=N–C) groups is 1. The van der Waals surface area contributed by atoms with Crippen LogP contribution >= 0.6 is 0 Å². The summed E-state index contributed by atoms with van der Waals surface area (Å²) in [6.45, 7) is 40.8. The monoisotopic (exact) mass is 878 g/mol. The molecular weight excluding hydrogens is 807 g/mol. The van der Waals surface area contributed by atoms with Crippen LogP contribution in [0.1, 0.15) is 172 Å². The Morgan fingerprint density at radius 1 is 0.530 bits per heavy atom. The van der Waals surface area contributed by atoms with Gasteiger partial charge in [0, 0.05) is 28.8 Å². The molecule has 3 aliphatic rings. The maximum atomic E-state index is 7.36. The Balaban J connectivity index is 1.18. The standard InChI is InChI=1S/C61H71N3O2/c1-36-19-24-50-48(27-36)59(15,16)49-28-37(2)52(35-51(49)64(50)53-34-41(25-26-62-53)57(9,10)11)65-43-30-38(29-42(31-43)58(12,13)14)54-63-60(17)46-22-20-39(55(3,4)5)32-44(46)45-33-40(56(6,7)8)21-23-47(45)61(60,18)66-54/h19-35H,1-18H3/t60-,61+/m1/s1. The van der Waals surface area contributed by atoms with Crippen LogP contribution in [0.3, 0.4) is 0 Å². The predicted molar refractivity (Wildman–Crippen MR) is 276 cm³/mol. The molecule has 0 bridgehead atoms. The van der Waals surface area contributed by atoms with Crippen LogP contribution < -0.4 is 9.64 Å². The van der Waals surface area contributed by atoms with Gasteiger partial charge in [-0.05, 0) is 147 Å². The molecule has 5 heteroatoms. The summed E-state index contributed by atoms with van der Waals surface area (Å²) in [4.78, 5) is 13.0.